The first-order valence-corrected chi connectivity index (χ1v) is 8.41. The van der Waals surface area contributed by atoms with Crippen LogP contribution in [0.25, 0.3) is 0 Å². The minimum atomic E-state index is 0.226. The molecule has 0 saturated carbocycles. The molecule has 2 aromatic rings. The van der Waals surface area contributed by atoms with Gasteiger partial charge in [-0.25, -0.2) is 0 Å². The fourth-order valence-electron chi connectivity index (χ4n) is 1.73. The summed E-state index contributed by atoms with van der Waals surface area (Å²) in [5.41, 5.74) is 4.23. The maximum Gasteiger partial charge on any atom is 0.186 e. The first-order valence-electron chi connectivity index (χ1n) is 6.87. The fourth-order valence-corrected chi connectivity index (χ4v) is 2.44. The van der Waals surface area contributed by atoms with Gasteiger partial charge in [-0.05, 0) is 54.2 Å². The quantitative estimate of drug-likeness (QED) is 0.331. The Bertz CT molecular complexity index is 751. The Labute approximate surface area is 160 Å². The van der Waals surface area contributed by atoms with Crippen LogP contribution >= 0.6 is 47.0 Å². The lowest BCUT2D eigenvalue weighted by Crippen LogP contribution is -2.28. The molecule has 0 radical (unpaired) electrons. The first kappa shape index (κ1) is 18.8. The molecule has 126 valence electrons. The second-order valence-electron chi connectivity index (χ2n) is 4.63. The zero-order valence-corrected chi connectivity index (χ0v) is 15.7. The Morgan fingerprint density at radius 2 is 1.79 bits per heavy atom. The summed E-state index contributed by atoms with van der Waals surface area (Å²) in [6.45, 7) is 0.226. The van der Waals surface area contributed by atoms with Gasteiger partial charge in [-0.3, -0.25) is 5.43 Å². The number of benzene rings is 2. The highest BCUT2D eigenvalue weighted by atomic mass is 35.5. The SMILES string of the molecule is CNC(=S)N/N=C\c1ccc(OCc2c(Cl)ccc(Cl)c2Cl)cc1. The molecule has 0 fully saturated rings. The topological polar surface area (TPSA) is 45.7 Å². The first-order chi connectivity index (χ1) is 11.5. The predicted octanol–water partition coefficient (Wildman–Crippen LogP) is 4.65. The molecule has 8 heteroatoms. The molecule has 0 amide bonds. The van der Waals surface area contributed by atoms with E-state index in [2.05, 4.69) is 15.8 Å². The van der Waals surface area contributed by atoms with Crippen molar-refractivity contribution in [1.82, 2.24) is 10.7 Å². The maximum absolute atomic E-state index is 6.15. The smallest absolute Gasteiger partial charge is 0.186 e. The number of halogens is 3. The van der Waals surface area contributed by atoms with Crippen LogP contribution in [-0.4, -0.2) is 18.4 Å². The number of hydrazone groups is 1. The molecule has 0 spiro atoms. The van der Waals surface area contributed by atoms with Crippen molar-refractivity contribution < 1.29 is 4.74 Å². The summed E-state index contributed by atoms with van der Waals surface area (Å²) in [7, 11) is 1.72. The molecule has 0 heterocycles. The number of hydrogen-bond acceptors (Lipinski definition) is 3. The van der Waals surface area contributed by atoms with E-state index in [1.807, 2.05) is 24.3 Å². The highest BCUT2D eigenvalue weighted by Crippen LogP contribution is 2.32. The Hall–Kier alpha value is -1.53. The summed E-state index contributed by atoms with van der Waals surface area (Å²) < 4.78 is 5.71. The van der Waals surface area contributed by atoms with Crippen LogP contribution in [-0.2, 0) is 6.61 Å². The predicted molar refractivity (Wildman–Crippen MR) is 105 cm³/mol. The molecule has 0 bridgehead atoms. The van der Waals surface area contributed by atoms with Crippen LogP contribution in [0.3, 0.4) is 0 Å². The molecule has 0 saturated heterocycles. The number of rotatable bonds is 5. The average molecular weight is 403 g/mol. The van der Waals surface area contributed by atoms with Gasteiger partial charge in [-0.15, -0.1) is 0 Å². The van der Waals surface area contributed by atoms with Crippen LogP contribution in [0.1, 0.15) is 11.1 Å². The van der Waals surface area contributed by atoms with E-state index in [9.17, 15) is 0 Å². The summed E-state index contributed by atoms with van der Waals surface area (Å²) in [4.78, 5) is 0. The van der Waals surface area contributed by atoms with Gasteiger partial charge in [0.1, 0.15) is 12.4 Å². The number of nitrogens with zero attached hydrogens (tertiary/aromatic N) is 1. The van der Waals surface area contributed by atoms with Gasteiger partial charge in [0.25, 0.3) is 0 Å². The van der Waals surface area contributed by atoms with Crippen molar-refractivity contribution in [2.75, 3.05) is 7.05 Å². The van der Waals surface area contributed by atoms with Crippen molar-refractivity contribution in [3.8, 4) is 5.75 Å². The van der Waals surface area contributed by atoms with Gasteiger partial charge in [-0.2, -0.15) is 5.10 Å². The Kier molecular flexibility index (Phi) is 7.12. The van der Waals surface area contributed by atoms with Crippen molar-refractivity contribution in [1.29, 1.82) is 0 Å². The van der Waals surface area contributed by atoms with E-state index >= 15 is 0 Å². The third-order valence-electron chi connectivity index (χ3n) is 3.01. The van der Waals surface area contributed by atoms with Crippen molar-refractivity contribution in [3.63, 3.8) is 0 Å². The van der Waals surface area contributed by atoms with Gasteiger partial charge < -0.3 is 10.1 Å². The molecule has 0 aromatic heterocycles. The van der Waals surface area contributed by atoms with Gasteiger partial charge in [0, 0.05) is 17.6 Å². The lowest BCUT2D eigenvalue weighted by molar-refractivity contribution is 0.306. The van der Waals surface area contributed by atoms with Gasteiger partial charge in [-0.1, -0.05) is 34.8 Å². The van der Waals surface area contributed by atoms with Gasteiger partial charge in [0.2, 0.25) is 0 Å². The maximum atomic E-state index is 6.15. The lowest BCUT2D eigenvalue weighted by atomic mass is 10.2. The van der Waals surface area contributed by atoms with Crippen LogP contribution < -0.4 is 15.5 Å². The molecule has 2 N–H and O–H groups in total. The normalized spacial score (nSPS) is 10.7. The molecule has 24 heavy (non-hydrogen) atoms. The van der Waals surface area contributed by atoms with Crippen LogP contribution in [0.5, 0.6) is 5.75 Å². The molecule has 4 nitrogen and oxygen atoms in total. The third kappa shape index (κ3) is 5.24. The monoisotopic (exact) mass is 401 g/mol. The number of hydrogen-bond donors (Lipinski definition) is 2. The Morgan fingerprint density at radius 3 is 2.46 bits per heavy atom. The van der Waals surface area contributed by atoms with E-state index < -0.39 is 0 Å². The second kappa shape index (κ2) is 9.08. The second-order valence-corrected chi connectivity index (χ2v) is 6.23. The van der Waals surface area contributed by atoms with Gasteiger partial charge in [0.15, 0.2) is 5.11 Å². The summed E-state index contributed by atoms with van der Waals surface area (Å²) in [6, 6.07) is 10.7. The highest BCUT2D eigenvalue weighted by molar-refractivity contribution is 7.80. The molecular formula is C16H14Cl3N3OS. The zero-order valence-electron chi connectivity index (χ0n) is 12.6. The number of thiocarbonyl (C=S) groups is 1. The van der Waals surface area contributed by atoms with E-state index in [0.717, 1.165) is 5.56 Å². The molecule has 0 unspecified atom stereocenters. The molecule has 2 aromatic carbocycles. The van der Waals surface area contributed by atoms with E-state index in [1.54, 1.807) is 25.4 Å². The van der Waals surface area contributed by atoms with Crippen molar-refractivity contribution >= 4 is 58.3 Å². The molecule has 0 aliphatic carbocycles. The largest absolute Gasteiger partial charge is 0.489 e. The zero-order chi connectivity index (χ0) is 17.5. The number of nitrogens with one attached hydrogen (secondary N) is 2. The summed E-state index contributed by atoms with van der Waals surface area (Å²) in [5, 5.41) is 8.57. The van der Waals surface area contributed by atoms with Crippen molar-refractivity contribution in [3.05, 3.63) is 62.6 Å². The van der Waals surface area contributed by atoms with Crippen LogP contribution in [0.15, 0.2) is 41.5 Å². The Balaban J connectivity index is 1.98. The van der Waals surface area contributed by atoms with Crippen molar-refractivity contribution in [2.24, 2.45) is 5.10 Å². The molecule has 0 aliphatic heterocycles. The van der Waals surface area contributed by atoms with E-state index in [4.69, 9.17) is 51.8 Å². The highest BCUT2D eigenvalue weighted by Gasteiger charge is 2.10. The van der Waals surface area contributed by atoms with E-state index in [1.165, 1.54) is 0 Å². The summed E-state index contributed by atoms with van der Waals surface area (Å²) in [6.07, 6.45) is 1.65. The van der Waals surface area contributed by atoms with Crippen LogP contribution in [0.4, 0.5) is 0 Å². The van der Waals surface area contributed by atoms with Gasteiger partial charge >= 0.3 is 0 Å². The minimum absolute atomic E-state index is 0.226. The summed E-state index contributed by atoms with van der Waals surface area (Å²) in [5.74, 6) is 0.679. The lowest BCUT2D eigenvalue weighted by Gasteiger charge is -2.10. The average Bonchev–Trinajstić information content (AvgIpc) is 2.59. The Morgan fingerprint density at radius 1 is 1.12 bits per heavy atom. The van der Waals surface area contributed by atoms with Crippen LogP contribution in [0.2, 0.25) is 15.1 Å². The third-order valence-corrected chi connectivity index (χ3v) is 4.50. The minimum Gasteiger partial charge on any atom is -0.489 e. The molecule has 0 aliphatic rings. The van der Waals surface area contributed by atoms with Gasteiger partial charge in [0.05, 0.1) is 16.3 Å². The molecular weight excluding hydrogens is 389 g/mol. The molecule has 2 rings (SSSR count). The fraction of sp³-hybridized carbons (Fsp3) is 0.125. The van der Waals surface area contributed by atoms with E-state index in [0.29, 0.717) is 31.5 Å². The molecule has 0 atom stereocenters. The van der Waals surface area contributed by atoms with E-state index in [-0.39, 0.29) is 6.61 Å². The summed E-state index contributed by atoms with van der Waals surface area (Å²) >= 11 is 23.2. The van der Waals surface area contributed by atoms with Crippen molar-refractivity contribution in [2.45, 2.75) is 6.61 Å². The standard InChI is InChI=1S/C16H14Cl3N3OS/c1-20-16(24)22-21-8-10-2-4-11(5-3-10)23-9-12-13(17)6-7-14(18)15(12)19/h2-8H,9H2,1H3,(H2,20,22,24)/b21-8-. The number of ether oxygens (including phenoxy) is 1. The van der Waals surface area contributed by atoms with Crippen LogP contribution in [0, 0.1) is 0 Å².